The Morgan fingerprint density at radius 2 is 2.00 bits per heavy atom. The molecule has 0 spiro atoms. The highest BCUT2D eigenvalue weighted by molar-refractivity contribution is 9.10. The predicted octanol–water partition coefficient (Wildman–Crippen LogP) is 3.15. The molecular formula is C14H17BrN2O. The van der Waals surface area contributed by atoms with Crippen LogP contribution in [0.5, 0.6) is 0 Å². The second-order valence-corrected chi connectivity index (χ2v) is 5.74. The van der Waals surface area contributed by atoms with E-state index in [0.29, 0.717) is 6.54 Å². The Morgan fingerprint density at radius 3 is 2.56 bits per heavy atom. The Morgan fingerprint density at radius 1 is 1.39 bits per heavy atom. The lowest BCUT2D eigenvalue weighted by atomic mass is 9.84. The van der Waals surface area contributed by atoms with Gasteiger partial charge in [0, 0.05) is 29.3 Å². The molecular weight excluding hydrogens is 292 g/mol. The third-order valence-electron chi connectivity index (χ3n) is 2.82. The lowest BCUT2D eigenvalue weighted by Crippen LogP contribution is -2.36. The van der Waals surface area contributed by atoms with E-state index in [9.17, 15) is 4.79 Å². The fraction of sp³-hybridized carbons (Fsp3) is 0.429. The standard InChI is InChI=1S/C14H17BrN2O/c1-14(2,10-17-13(18)4-3-9-16)11-5-7-12(15)8-6-11/h5-8H,3-4,10H2,1-2H3,(H,17,18). The largest absolute Gasteiger partial charge is 0.355 e. The van der Waals surface area contributed by atoms with E-state index in [1.165, 1.54) is 5.56 Å². The zero-order valence-corrected chi connectivity index (χ0v) is 12.3. The molecule has 1 amide bonds. The Bertz CT molecular complexity index is 446. The number of nitriles is 1. The molecule has 0 bridgehead atoms. The van der Waals surface area contributed by atoms with Crippen molar-refractivity contribution in [3.8, 4) is 6.07 Å². The summed E-state index contributed by atoms with van der Waals surface area (Å²) in [5, 5.41) is 11.3. The van der Waals surface area contributed by atoms with Crippen LogP contribution in [0, 0.1) is 11.3 Å². The second-order valence-electron chi connectivity index (χ2n) is 4.83. The van der Waals surface area contributed by atoms with Crippen molar-refractivity contribution in [3.63, 3.8) is 0 Å². The van der Waals surface area contributed by atoms with Crippen molar-refractivity contribution >= 4 is 21.8 Å². The number of carbonyl (C=O) groups excluding carboxylic acids is 1. The summed E-state index contributed by atoms with van der Waals surface area (Å²) in [5.41, 5.74) is 1.05. The van der Waals surface area contributed by atoms with E-state index in [0.717, 1.165) is 4.47 Å². The summed E-state index contributed by atoms with van der Waals surface area (Å²) in [7, 11) is 0. The predicted molar refractivity (Wildman–Crippen MR) is 75.0 cm³/mol. The van der Waals surface area contributed by atoms with Crippen LogP contribution in [0.15, 0.2) is 28.7 Å². The number of halogens is 1. The van der Waals surface area contributed by atoms with Gasteiger partial charge in [0.25, 0.3) is 0 Å². The highest BCUT2D eigenvalue weighted by Crippen LogP contribution is 2.23. The molecule has 0 aliphatic rings. The molecule has 1 aromatic carbocycles. The van der Waals surface area contributed by atoms with Gasteiger partial charge >= 0.3 is 0 Å². The van der Waals surface area contributed by atoms with Crippen molar-refractivity contribution in [1.82, 2.24) is 5.32 Å². The monoisotopic (exact) mass is 308 g/mol. The average Bonchev–Trinajstić information content (AvgIpc) is 2.34. The van der Waals surface area contributed by atoms with E-state index in [2.05, 4.69) is 35.1 Å². The molecule has 0 saturated carbocycles. The van der Waals surface area contributed by atoms with E-state index in [-0.39, 0.29) is 24.2 Å². The fourth-order valence-corrected chi connectivity index (χ4v) is 1.84. The average molecular weight is 309 g/mol. The fourth-order valence-electron chi connectivity index (χ4n) is 1.58. The highest BCUT2D eigenvalue weighted by Gasteiger charge is 2.21. The van der Waals surface area contributed by atoms with Crippen LogP contribution in [0.4, 0.5) is 0 Å². The van der Waals surface area contributed by atoms with Gasteiger partial charge in [-0.2, -0.15) is 5.26 Å². The van der Waals surface area contributed by atoms with E-state index >= 15 is 0 Å². The van der Waals surface area contributed by atoms with E-state index in [1.54, 1.807) is 0 Å². The molecule has 0 fully saturated rings. The zero-order valence-electron chi connectivity index (χ0n) is 10.7. The topological polar surface area (TPSA) is 52.9 Å². The lowest BCUT2D eigenvalue weighted by molar-refractivity contribution is -0.121. The number of nitrogens with zero attached hydrogens (tertiary/aromatic N) is 1. The molecule has 0 heterocycles. The molecule has 18 heavy (non-hydrogen) atoms. The van der Waals surface area contributed by atoms with Gasteiger partial charge in [0.1, 0.15) is 0 Å². The lowest BCUT2D eigenvalue weighted by Gasteiger charge is -2.25. The number of hydrogen-bond acceptors (Lipinski definition) is 2. The SMILES string of the molecule is CC(C)(CNC(=O)CCC#N)c1ccc(Br)cc1. The first-order valence-electron chi connectivity index (χ1n) is 5.85. The van der Waals surface area contributed by atoms with Crippen molar-refractivity contribution < 1.29 is 4.79 Å². The molecule has 0 unspecified atom stereocenters. The van der Waals surface area contributed by atoms with Crippen LogP contribution < -0.4 is 5.32 Å². The summed E-state index contributed by atoms with van der Waals surface area (Å²) in [4.78, 5) is 11.5. The van der Waals surface area contributed by atoms with Gasteiger partial charge in [0.2, 0.25) is 5.91 Å². The van der Waals surface area contributed by atoms with Gasteiger partial charge in [-0.25, -0.2) is 0 Å². The Labute approximate surface area is 116 Å². The number of carbonyl (C=O) groups is 1. The van der Waals surface area contributed by atoms with E-state index in [4.69, 9.17) is 5.26 Å². The first kappa shape index (κ1) is 14.7. The number of benzene rings is 1. The minimum absolute atomic E-state index is 0.0678. The van der Waals surface area contributed by atoms with Crippen molar-refractivity contribution in [2.75, 3.05) is 6.54 Å². The smallest absolute Gasteiger partial charge is 0.221 e. The highest BCUT2D eigenvalue weighted by atomic mass is 79.9. The summed E-state index contributed by atoms with van der Waals surface area (Å²) in [6, 6.07) is 10.1. The van der Waals surface area contributed by atoms with Gasteiger partial charge in [0.05, 0.1) is 6.07 Å². The minimum Gasteiger partial charge on any atom is -0.355 e. The number of rotatable bonds is 5. The van der Waals surface area contributed by atoms with Crippen LogP contribution in [0.25, 0.3) is 0 Å². The number of nitrogens with one attached hydrogen (secondary N) is 1. The van der Waals surface area contributed by atoms with Crippen molar-refractivity contribution in [2.24, 2.45) is 0 Å². The van der Waals surface area contributed by atoms with Crippen LogP contribution >= 0.6 is 15.9 Å². The minimum atomic E-state index is -0.122. The quantitative estimate of drug-likeness (QED) is 0.908. The number of amides is 1. The van der Waals surface area contributed by atoms with Gasteiger partial charge in [-0.15, -0.1) is 0 Å². The summed E-state index contributed by atoms with van der Waals surface area (Å²) < 4.78 is 1.04. The molecule has 0 saturated heterocycles. The Hall–Kier alpha value is -1.34. The molecule has 4 heteroatoms. The Kier molecular flexibility index (Phi) is 5.36. The van der Waals surface area contributed by atoms with Crippen molar-refractivity contribution in [2.45, 2.75) is 32.1 Å². The zero-order chi connectivity index (χ0) is 13.6. The first-order chi connectivity index (χ1) is 8.45. The molecule has 0 aliphatic heterocycles. The molecule has 1 aromatic rings. The van der Waals surface area contributed by atoms with Crippen molar-refractivity contribution in [1.29, 1.82) is 5.26 Å². The van der Waals surface area contributed by atoms with Gasteiger partial charge in [0.15, 0.2) is 0 Å². The van der Waals surface area contributed by atoms with Gasteiger partial charge in [-0.1, -0.05) is 41.9 Å². The van der Waals surface area contributed by atoms with Crippen LogP contribution in [-0.2, 0) is 10.2 Å². The second kappa shape index (κ2) is 6.55. The molecule has 3 nitrogen and oxygen atoms in total. The van der Waals surface area contributed by atoms with Crippen LogP contribution in [0.1, 0.15) is 32.3 Å². The molecule has 0 aromatic heterocycles. The molecule has 1 rings (SSSR count). The van der Waals surface area contributed by atoms with Crippen LogP contribution in [0.2, 0.25) is 0 Å². The molecule has 1 N–H and O–H groups in total. The maximum atomic E-state index is 11.5. The van der Waals surface area contributed by atoms with Crippen LogP contribution in [0.3, 0.4) is 0 Å². The molecule has 96 valence electrons. The normalized spacial score (nSPS) is 10.8. The summed E-state index contributed by atoms with van der Waals surface area (Å²) in [6.07, 6.45) is 0.539. The molecule has 0 atom stereocenters. The third-order valence-corrected chi connectivity index (χ3v) is 3.35. The van der Waals surface area contributed by atoms with Crippen molar-refractivity contribution in [3.05, 3.63) is 34.3 Å². The summed E-state index contributed by atoms with van der Waals surface area (Å²) in [6.45, 7) is 4.74. The van der Waals surface area contributed by atoms with Gasteiger partial charge in [-0.3, -0.25) is 4.79 Å². The Balaban J connectivity index is 2.57. The van der Waals surface area contributed by atoms with Gasteiger partial charge in [-0.05, 0) is 17.7 Å². The van der Waals surface area contributed by atoms with E-state index < -0.39 is 0 Å². The molecule has 0 radical (unpaired) electrons. The summed E-state index contributed by atoms with van der Waals surface area (Å²) in [5.74, 6) is -0.0678. The number of hydrogen-bond donors (Lipinski definition) is 1. The van der Waals surface area contributed by atoms with Gasteiger partial charge < -0.3 is 5.32 Å². The van der Waals surface area contributed by atoms with Crippen LogP contribution in [-0.4, -0.2) is 12.5 Å². The van der Waals surface area contributed by atoms with E-state index in [1.807, 2.05) is 30.3 Å². The third kappa shape index (κ3) is 4.50. The molecule has 0 aliphatic carbocycles. The maximum Gasteiger partial charge on any atom is 0.221 e. The maximum absolute atomic E-state index is 11.5. The first-order valence-corrected chi connectivity index (χ1v) is 6.65. The summed E-state index contributed by atoms with van der Waals surface area (Å²) >= 11 is 3.40.